The maximum Gasteiger partial charge on any atom is 0.193 e. The van der Waals surface area contributed by atoms with Crippen LogP contribution in [0.2, 0.25) is 0 Å². The molecule has 1 N–H and O–H groups in total. The van der Waals surface area contributed by atoms with E-state index >= 15 is 0 Å². The molecule has 4 nitrogen and oxygen atoms in total. The van der Waals surface area contributed by atoms with Crippen molar-refractivity contribution in [3.05, 3.63) is 119 Å². The average molecular weight is 436 g/mol. The van der Waals surface area contributed by atoms with E-state index < -0.39 is 35.7 Å². The van der Waals surface area contributed by atoms with Gasteiger partial charge >= 0.3 is 0 Å². The highest BCUT2D eigenvalue weighted by Gasteiger charge is 2.41. The summed E-state index contributed by atoms with van der Waals surface area (Å²) in [6.07, 6.45) is -1.85. The zero-order valence-electron chi connectivity index (χ0n) is 17.2. The van der Waals surface area contributed by atoms with Gasteiger partial charge in [-0.05, 0) is 23.3 Å². The van der Waals surface area contributed by atoms with Crippen LogP contribution in [0.5, 0.6) is 0 Å². The van der Waals surface area contributed by atoms with Crippen LogP contribution in [-0.4, -0.2) is 23.1 Å². The van der Waals surface area contributed by atoms with Gasteiger partial charge in [0.2, 0.25) is 0 Å². The summed E-state index contributed by atoms with van der Waals surface area (Å²) < 4.78 is 39.3. The molecule has 4 rings (SSSR count). The fourth-order valence-corrected chi connectivity index (χ4v) is 3.61. The van der Waals surface area contributed by atoms with Gasteiger partial charge in [-0.3, -0.25) is 4.79 Å². The molecule has 1 aliphatic rings. The molecule has 3 aromatic rings. The number of benzene rings is 3. The number of carbonyl (C=O) groups is 1. The summed E-state index contributed by atoms with van der Waals surface area (Å²) in [5, 5.41) is 10.7. The smallest absolute Gasteiger partial charge is 0.193 e. The summed E-state index contributed by atoms with van der Waals surface area (Å²) in [5.41, 5.74) is 1.57. The molecule has 0 fully saturated rings. The van der Waals surface area contributed by atoms with Gasteiger partial charge in [-0.15, -0.1) is 0 Å². The molecule has 0 saturated carbocycles. The Morgan fingerprint density at radius 2 is 1.44 bits per heavy atom. The maximum atomic E-state index is 14.2. The fourth-order valence-electron chi connectivity index (χ4n) is 3.61. The minimum Gasteiger partial charge on any atom is -0.383 e. The zero-order valence-corrected chi connectivity index (χ0v) is 17.2. The van der Waals surface area contributed by atoms with Crippen molar-refractivity contribution < 1.29 is 28.2 Å². The van der Waals surface area contributed by atoms with Crippen molar-refractivity contribution in [2.75, 3.05) is 0 Å². The number of carbonyl (C=O) groups excluding carboxylic acids is 1. The van der Waals surface area contributed by atoms with Gasteiger partial charge in [-0.25, -0.2) is 8.78 Å². The molecule has 3 aromatic carbocycles. The molecule has 6 heteroatoms. The van der Waals surface area contributed by atoms with E-state index in [1.165, 1.54) is 6.08 Å². The summed E-state index contributed by atoms with van der Waals surface area (Å²) >= 11 is 0. The fraction of sp³-hybridized carbons (Fsp3) is 0.192. The van der Waals surface area contributed by atoms with E-state index in [4.69, 9.17) is 9.47 Å². The van der Waals surface area contributed by atoms with Crippen LogP contribution in [0.15, 0.2) is 90.5 Å². The lowest BCUT2D eigenvalue weighted by Gasteiger charge is -2.20. The lowest BCUT2D eigenvalue weighted by molar-refractivity contribution is -0.135. The zero-order chi connectivity index (χ0) is 22.5. The second-order valence-corrected chi connectivity index (χ2v) is 7.53. The van der Waals surface area contributed by atoms with Gasteiger partial charge in [0, 0.05) is 17.2 Å². The molecule has 0 spiro atoms. The van der Waals surface area contributed by atoms with E-state index in [2.05, 4.69) is 0 Å². The average Bonchev–Trinajstić information content (AvgIpc) is 3.12. The molecule has 0 bridgehead atoms. The standard InChI is InChI=1S/C26H22F2O4/c27-19-11-12-20(22(28)13-19)24(29)21-14-23(31-15-17-7-3-1-4-8-17)26(25(21)30)32-16-18-9-5-2-6-10-18/h1-14,23-24,26,29H,15-16H2/t23-,24?,26+/m0/s1. The second kappa shape index (κ2) is 9.96. The Morgan fingerprint density at radius 3 is 2.03 bits per heavy atom. The minimum absolute atomic E-state index is 0.0355. The lowest BCUT2D eigenvalue weighted by atomic mass is 9.99. The van der Waals surface area contributed by atoms with Crippen LogP contribution >= 0.6 is 0 Å². The highest BCUT2D eigenvalue weighted by atomic mass is 19.1. The molecule has 0 aromatic heterocycles. The third-order valence-electron chi connectivity index (χ3n) is 5.29. The number of aliphatic hydroxyl groups excluding tert-OH is 1. The summed E-state index contributed by atoms with van der Waals surface area (Å²) in [7, 11) is 0. The second-order valence-electron chi connectivity index (χ2n) is 7.53. The predicted molar refractivity (Wildman–Crippen MR) is 114 cm³/mol. The van der Waals surface area contributed by atoms with E-state index in [0.29, 0.717) is 6.07 Å². The summed E-state index contributed by atoms with van der Waals surface area (Å²) in [6.45, 7) is 0.402. The van der Waals surface area contributed by atoms with Gasteiger partial charge in [0.15, 0.2) is 11.9 Å². The molecular weight excluding hydrogens is 414 g/mol. The van der Waals surface area contributed by atoms with Crippen molar-refractivity contribution in [1.29, 1.82) is 0 Å². The lowest BCUT2D eigenvalue weighted by Crippen LogP contribution is -2.33. The Labute approximate surface area is 184 Å². The molecule has 0 aliphatic heterocycles. The first-order chi connectivity index (χ1) is 15.5. The summed E-state index contributed by atoms with van der Waals surface area (Å²) in [5.74, 6) is -2.19. The Bertz CT molecular complexity index is 1100. The predicted octanol–water partition coefficient (Wildman–Crippen LogP) is 4.68. The molecule has 164 valence electrons. The summed E-state index contributed by atoms with van der Waals surface area (Å²) in [4.78, 5) is 13.1. The molecule has 1 aliphatic carbocycles. The van der Waals surface area contributed by atoms with E-state index in [1.807, 2.05) is 60.7 Å². The molecule has 0 saturated heterocycles. The number of aliphatic hydroxyl groups is 1. The topological polar surface area (TPSA) is 55.8 Å². The minimum atomic E-state index is -1.56. The van der Waals surface area contributed by atoms with Crippen molar-refractivity contribution in [2.24, 2.45) is 0 Å². The molecular formula is C26H22F2O4. The van der Waals surface area contributed by atoms with E-state index in [0.717, 1.165) is 23.3 Å². The van der Waals surface area contributed by atoms with Crippen LogP contribution in [0.25, 0.3) is 0 Å². The van der Waals surface area contributed by atoms with E-state index in [-0.39, 0.29) is 24.4 Å². The van der Waals surface area contributed by atoms with Crippen molar-refractivity contribution >= 4 is 5.78 Å². The van der Waals surface area contributed by atoms with Gasteiger partial charge in [0.25, 0.3) is 0 Å². The molecule has 0 amide bonds. The van der Waals surface area contributed by atoms with Crippen molar-refractivity contribution in [3.63, 3.8) is 0 Å². The molecule has 32 heavy (non-hydrogen) atoms. The number of hydrogen-bond acceptors (Lipinski definition) is 4. The van der Waals surface area contributed by atoms with Gasteiger partial charge in [0.05, 0.1) is 13.2 Å². The van der Waals surface area contributed by atoms with E-state index in [9.17, 15) is 18.7 Å². The number of ether oxygens (including phenoxy) is 2. The van der Waals surface area contributed by atoms with Crippen LogP contribution in [0.1, 0.15) is 22.8 Å². The number of halogens is 2. The third-order valence-corrected chi connectivity index (χ3v) is 5.29. The normalized spacial score (nSPS) is 19.1. The molecule has 0 radical (unpaired) electrons. The van der Waals surface area contributed by atoms with Crippen molar-refractivity contribution in [3.8, 4) is 0 Å². The summed E-state index contributed by atoms with van der Waals surface area (Å²) in [6, 6.07) is 21.6. The van der Waals surface area contributed by atoms with Crippen LogP contribution in [-0.2, 0) is 27.5 Å². The Balaban J connectivity index is 1.55. The highest BCUT2D eigenvalue weighted by molar-refractivity contribution is 6.03. The van der Waals surface area contributed by atoms with Crippen molar-refractivity contribution in [2.45, 2.75) is 31.5 Å². The molecule has 1 unspecified atom stereocenters. The first-order valence-corrected chi connectivity index (χ1v) is 10.2. The van der Waals surface area contributed by atoms with Gasteiger partial charge in [-0.2, -0.15) is 0 Å². The van der Waals surface area contributed by atoms with Crippen LogP contribution in [0.3, 0.4) is 0 Å². The van der Waals surface area contributed by atoms with Crippen LogP contribution in [0, 0.1) is 11.6 Å². The maximum absolute atomic E-state index is 14.2. The SMILES string of the molecule is O=C1C(C(O)c2ccc(F)cc2F)=C[C@H](OCc2ccccc2)[C@H]1OCc1ccccc1. The molecule has 3 atom stereocenters. The third kappa shape index (κ3) is 4.99. The monoisotopic (exact) mass is 436 g/mol. The van der Waals surface area contributed by atoms with Crippen LogP contribution < -0.4 is 0 Å². The Kier molecular flexibility index (Phi) is 6.85. The van der Waals surface area contributed by atoms with Crippen molar-refractivity contribution in [1.82, 2.24) is 0 Å². The largest absolute Gasteiger partial charge is 0.383 e. The molecule has 0 heterocycles. The first-order valence-electron chi connectivity index (χ1n) is 10.2. The number of rotatable bonds is 8. The Hall–Kier alpha value is -3.19. The quantitative estimate of drug-likeness (QED) is 0.557. The number of ketones is 1. The van der Waals surface area contributed by atoms with Gasteiger partial charge in [-0.1, -0.05) is 66.7 Å². The first kappa shape index (κ1) is 22.0. The number of hydrogen-bond donors (Lipinski definition) is 1. The highest BCUT2D eigenvalue weighted by Crippen LogP contribution is 2.33. The van der Waals surface area contributed by atoms with E-state index in [1.54, 1.807) is 0 Å². The van der Waals surface area contributed by atoms with Crippen LogP contribution in [0.4, 0.5) is 8.78 Å². The Morgan fingerprint density at radius 1 is 0.844 bits per heavy atom. The van der Waals surface area contributed by atoms with Gasteiger partial charge < -0.3 is 14.6 Å². The number of Topliss-reactive ketones (excluding diaryl/α,β-unsaturated/α-hetero) is 1. The van der Waals surface area contributed by atoms with Gasteiger partial charge in [0.1, 0.15) is 23.8 Å².